The summed E-state index contributed by atoms with van der Waals surface area (Å²) in [6.45, 7) is 29.3. The maximum Gasteiger partial charge on any atom is 0.0543 e. The van der Waals surface area contributed by atoms with E-state index in [1.165, 1.54) is 117 Å². The maximum absolute atomic E-state index is 2.79. The number of fused-ring (bicyclic) bond motifs is 6. The number of nitrogens with zero attached hydrogens (tertiary/aromatic N) is 1. The Hall–Kier alpha value is -4.62. The quantitative estimate of drug-likeness (QED) is 0.174. The molecule has 8 aliphatic carbocycles. The van der Waals surface area contributed by atoms with Crippen LogP contribution in [0.2, 0.25) is 0 Å². The van der Waals surface area contributed by atoms with Crippen LogP contribution in [0.1, 0.15) is 179 Å². The summed E-state index contributed by atoms with van der Waals surface area (Å²) in [4.78, 5) is 2.75. The highest BCUT2D eigenvalue weighted by Gasteiger charge is 2.66. The van der Waals surface area contributed by atoms with Crippen LogP contribution in [0.3, 0.4) is 0 Å². The van der Waals surface area contributed by atoms with Crippen molar-refractivity contribution in [1.82, 2.24) is 0 Å². The van der Waals surface area contributed by atoms with E-state index in [4.69, 9.17) is 0 Å². The molecule has 0 aromatic heterocycles. The van der Waals surface area contributed by atoms with Gasteiger partial charge in [-0.2, -0.15) is 0 Å². The number of allylic oxidation sites excluding steroid dienone is 4. The number of rotatable bonds is 4. The molecule has 8 aliphatic rings. The third-order valence-corrected chi connectivity index (χ3v) is 18.9. The average Bonchev–Trinajstić information content (AvgIpc) is 3.88. The summed E-state index contributed by atoms with van der Waals surface area (Å²) in [7, 11) is 0. The van der Waals surface area contributed by atoms with Crippen molar-refractivity contribution in [2.45, 2.75) is 167 Å². The number of hydrogen-bond donors (Lipinski definition) is 0. The monoisotopic (exact) mass is 856 g/mol. The van der Waals surface area contributed by atoms with Gasteiger partial charge in [0.25, 0.3) is 0 Å². The lowest BCUT2D eigenvalue weighted by Gasteiger charge is -2.44. The predicted octanol–water partition coefficient (Wildman–Crippen LogP) is 17.5. The summed E-state index contributed by atoms with van der Waals surface area (Å²) < 4.78 is 0. The van der Waals surface area contributed by atoms with Gasteiger partial charge in [-0.3, -0.25) is 0 Å². The van der Waals surface area contributed by atoms with Gasteiger partial charge in [0.1, 0.15) is 0 Å². The molecule has 0 heterocycles. The first-order valence-electron chi connectivity index (χ1n) is 25.6. The SMILES string of the molecule is CC(C)(C)c1cc(-c2cc3c(cc2N(c2ccc4c(c2)C(C)(C)CCC4(C)C)c2ccc4c(c2)C(C)(C)C2=C4C=CCC2)C2(c4ccccc4-3)C3CC4CC(C3)C2C4)cc(C(C)(C)C)c1. The Bertz CT molecular complexity index is 2870. The van der Waals surface area contributed by atoms with Crippen molar-refractivity contribution < 1.29 is 0 Å². The minimum absolute atomic E-state index is 0.00561. The van der Waals surface area contributed by atoms with Gasteiger partial charge >= 0.3 is 0 Å². The summed E-state index contributed by atoms with van der Waals surface area (Å²) >= 11 is 0. The number of benzene rings is 5. The van der Waals surface area contributed by atoms with Crippen molar-refractivity contribution in [3.8, 4) is 22.3 Å². The van der Waals surface area contributed by atoms with E-state index in [-0.39, 0.29) is 32.5 Å². The fourth-order valence-corrected chi connectivity index (χ4v) is 15.4. The zero-order valence-electron chi connectivity index (χ0n) is 41.7. The van der Waals surface area contributed by atoms with Crippen LogP contribution in [0.5, 0.6) is 0 Å². The average molecular weight is 856 g/mol. The van der Waals surface area contributed by atoms with E-state index < -0.39 is 0 Å². The van der Waals surface area contributed by atoms with Gasteiger partial charge in [0.15, 0.2) is 0 Å². The summed E-state index contributed by atoms with van der Waals surface area (Å²) in [5, 5.41) is 0. The van der Waals surface area contributed by atoms with Crippen molar-refractivity contribution >= 4 is 22.6 Å². The van der Waals surface area contributed by atoms with E-state index in [0.29, 0.717) is 5.92 Å². The van der Waals surface area contributed by atoms with Gasteiger partial charge in [-0.15, -0.1) is 0 Å². The van der Waals surface area contributed by atoms with E-state index in [9.17, 15) is 0 Å². The lowest BCUT2D eigenvalue weighted by atomic mass is 9.59. The van der Waals surface area contributed by atoms with Crippen molar-refractivity contribution in [3.05, 3.63) is 153 Å². The van der Waals surface area contributed by atoms with E-state index >= 15 is 0 Å². The van der Waals surface area contributed by atoms with E-state index in [1.54, 1.807) is 16.7 Å². The Morgan fingerprint density at radius 2 is 1.23 bits per heavy atom. The highest BCUT2D eigenvalue weighted by molar-refractivity contribution is 5.97. The first kappa shape index (κ1) is 41.8. The molecule has 13 rings (SSSR count). The molecule has 0 amide bonds. The molecule has 334 valence electrons. The van der Waals surface area contributed by atoms with Crippen LogP contribution in [0.15, 0.2) is 109 Å². The van der Waals surface area contributed by atoms with E-state index in [0.717, 1.165) is 30.6 Å². The molecule has 1 heteroatoms. The van der Waals surface area contributed by atoms with Crippen LogP contribution in [0, 0.1) is 23.7 Å². The van der Waals surface area contributed by atoms with Crippen molar-refractivity contribution in [3.63, 3.8) is 0 Å². The lowest BCUT2D eigenvalue weighted by Crippen LogP contribution is -2.40. The Labute approximate surface area is 391 Å². The van der Waals surface area contributed by atoms with E-state index in [1.807, 2.05) is 0 Å². The Balaban J connectivity index is 1.19. The second kappa shape index (κ2) is 13.5. The lowest BCUT2D eigenvalue weighted by molar-refractivity contribution is 0.191. The summed E-state index contributed by atoms with van der Waals surface area (Å²) in [6, 6.07) is 38.1. The molecule has 0 radical (unpaired) electrons. The first-order valence-corrected chi connectivity index (χ1v) is 25.6. The van der Waals surface area contributed by atoms with Gasteiger partial charge in [-0.1, -0.05) is 155 Å². The summed E-state index contributed by atoms with van der Waals surface area (Å²) in [5.41, 5.74) is 24.8. The Morgan fingerprint density at radius 3 is 1.94 bits per heavy atom. The molecule has 0 saturated heterocycles. The van der Waals surface area contributed by atoms with Crippen LogP contribution in [0.25, 0.3) is 27.8 Å². The van der Waals surface area contributed by atoms with Gasteiger partial charge in [-0.25, -0.2) is 0 Å². The van der Waals surface area contributed by atoms with Crippen LogP contribution >= 0.6 is 0 Å². The second-order valence-electron chi connectivity index (χ2n) is 26.0. The van der Waals surface area contributed by atoms with E-state index in [2.05, 4.69) is 191 Å². The van der Waals surface area contributed by atoms with Gasteiger partial charge in [-0.05, 0) is 200 Å². The van der Waals surface area contributed by atoms with Gasteiger partial charge in [0.05, 0.1) is 5.69 Å². The minimum Gasteiger partial charge on any atom is -0.310 e. The first-order chi connectivity index (χ1) is 30.7. The molecule has 0 N–H and O–H groups in total. The van der Waals surface area contributed by atoms with Crippen LogP contribution in [-0.2, 0) is 32.5 Å². The topological polar surface area (TPSA) is 3.24 Å². The van der Waals surface area contributed by atoms with Gasteiger partial charge in [0.2, 0.25) is 0 Å². The standard InChI is InChI=1S/C64H73N/c1-59(2,3)41-30-39(31-42(33-41)60(4,5)6)49-36-50-47-18-14-16-20-52(47)64(43-28-38-27-40(32-43)54(64)29-38)56(50)37-58(49)65(45-22-24-53-57(35-45)62(9,10)26-25-61(53,7)8)44-21-23-48-46-17-13-15-19-51(46)63(11,12)55(48)34-44/h13-14,16-18,20-24,30-31,33-38,40,43,54H,15,19,25-29,32H2,1-12H3. The molecule has 5 aromatic carbocycles. The Kier molecular flexibility index (Phi) is 8.69. The maximum atomic E-state index is 2.79. The van der Waals surface area contributed by atoms with Crippen LogP contribution in [0.4, 0.5) is 17.1 Å². The Morgan fingerprint density at radius 1 is 0.554 bits per heavy atom. The van der Waals surface area contributed by atoms with Crippen molar-refractivity contribution in [2.24, 2.45) is 23.7 Å². The predicted molar refractivity (Wildman–Crippen MR) is 276 cm³/mol. The fraction of sp³-hybridized carbons (Fsp3) is 0.469. The third-order valence-electron chi connectivity index (χ3n) is 18.9. The molecule has 65 heavy (non-hydrogen) atoms. The van der Waals surface area contributed by atoms with Crippen molar-refractivity contribution in [2.75, 3.05) is 4.90 Å². The largest absolute Gasteiger partial charge is 0.310 e. The van der Waals surface area contributed by atoms with Crippen LogP contribution < -0.4 is 4.90 Å². The zero-order valence-corrected chi connectivity index (χ0v) is 41.7. The third kappa shape index (κ3) is 5.88. The van der Waals surface area contributed by atoms with Crippen LogP contribution in [-0.4, -0.2) is 0 Å². The molecule has 5 atom stereocenters. The van der Waals surface area contributed by atoms with Gasteiger partial charge < -0.3 is 4.90 Å². The van der Waals surface area contributed by atoms with Gasteiger partial charge in [0, 0.05) is 27.8 Å². The molecule has 0 aliphatic heterocycles. The molecule has 1 nitrogen and oxygen atoms in total. The fourth-order valence-electron chi connectivity index (χ4n) is 15.4. The molecular formula is C64H73N. The number of anilines is 3. The minimum atomic E-state index is -0.0316. The summed E-state index contributed by atoms with van der Waals surface area (Å²) in [6.07, 6.45) is 15.1. The molecular weight excluding hydrogens is 783 g/mol. The highest BCUT2D eigenvalue weighted by Crippen LogP contribution is 2.73. The highest BCUT2D eigenvalue weighted by atomic mass is 15.1. The molecule has 4 fully saturated rings. The summed E-state index contributed by atoms with van der Waals surface area (Å²) in [5.74, 6) is 3.17. The van der Waals surface area contributed by atoms with Crippen molar-refractivity contribution in [1.29, 1.82) is 0 Å². The molecule has 4 saturated carbocycles. The molecule has 4 bridgehead atoms. The molecule has 5 unspecified atom stereocenters. The second-order valence-corrected chi connectivity index (χ2v) is 26.0. The molecule has 1 spiro atoms. The number of hydrogen-bond acceptors (Lipinski definition) is 1. The molecule has 5 aromatic rings. The smallest absolute Gasteiger partial charge is 0.0543 e. The zero-order chi connectivity index (χ0) is 45.4. The normalized spacial score (nSPS) is 26.9.